The molecule has 1 aromatic heterocycles. The predicted octanol–water partition coefficient (Wildman–Crippen LogP) is 2.73. The molecule has 0 aliphatic carbocycles. The van der Waals surface area contributed by atoms with Crippen LogP contribution in [0.4, 0.5) is 0 Å². The summed E-state index contributed by atoms with van der Waals surface area (Å²) >= 11 is 0. The van der Waals surface area contributed by atoms with E-state index in [-0.39, 0.29) is 0 Å². The molecular formula is C14H16N2O3. The normalized spacial score (nSPS) is 10.3. The largest absolute Gasteiger partial charge is 0.494 e. The van der Waals surface area contributed by atoms with Crippen molar-refractivity contribution in [3.8, 4) is 17.4 Å². The average Bonchev–Trinajstić information content (AvgIpc) is 2.65. The lowest BCUT2D eigenvalue weighted by molar-refractivity contribution is 0.112. The van der Waals surface area contributed by atoms with Gasteiger partial charge in [-0.25, -0.2) is 4.68 Å². The molecule has 19 heavy (non-hydrogen) atoms. The molecule has 0 saturated carbocycles. The van der Waals surface area contributed by atoms with Crippen LogP contribution in [-0.2, 0) is 7.05 Å². The fraction of sp³-hybridized carbons (Fsp3) is 0.286. The molecule has 0 atom stereocenters. The van der Waals surface area contributed by atoms with Crippen LogP contribution >= 0.6 is 0 Å². The number of hydrogen-bond acceptors (Lipinski definition) is 4. The molecule has 0 spiro atoms. The Kier molecular flexibility index (Phi) is 3.85. The number of rotatable bonds is 5. The van der Waals surface area contributed by atoms with Crippen LogP contribution < -0.4 is 9.47 Å². The van der Waals surface area contributed by atoms with Gasteiger partial charge in [0.15, 0.2) is 6.29 Å². The Labute approximate surface area is 111 Å². The lowest BCUT2D eigenvalue weighted by atomic mass is 10.3. The quantitative estimate of drug-likeness (QED) is 0.776. The van der Waals surface area contributed by atoms with Gasteiger partial charge in [0.25, 0.3) is 0 Å². The summed E-state index contributed by atoms with van der Waals surface area (Å²) in [4.78, 5) is 11.1. The van der Waals surface area contributed by atoms with E-state index in [1.165, 1.54) is 0 Å². The van der Waals surface area contributed by atoms with E-state index in [9.17, 15) is 4.79 Å². The number of aryl methyl sites for hydroxylation is 2. The summed E-state index contributed by atoms with van der Waals surface area (Å²) in [6.07, 6.45) is 0.754. The molecule has 0 fully saturated rings. The molecule has 2 aromatic rings. The molecule has 1 heterocycles. The molecule has 100 valence electrons. The fourth-order valence-electron chi connectivity index (χ4n) is 1.82. The van der Waals surface area contributed by atoms with Gasteiger partial charge in [0, 0.05) is 13.1 Å². The summed E-state index contributed by atoms with van der Waals surface area (Å²) < 4.78 is 12.7. The van der Waals surface area contributed by atoms with E-state index in [0.717, 1.165) is 12.0 Å². The molecule has 2 rings (SSSR count). The third kappa shape index (κ3) is 2.76. The van der Waals surface area contributed by atoms with Gasteiger partial charge in [0.05, 0.1) is 17.9 Å². The van der Waals surface area contributed by atoms with Crippen LogP contribution in [0.2, 0.25) is 0 Å². The van der Waals surface area contributed by atoms with Crippen LogP contribution in [0.3, 0.4) is 0 Å². The van der Waals surface area contributed by atoms with E-state index in [1.54, 1.807) is 30.8 Å². The van der Waals surface area contributed by atoms with Crippen molar-refractivity contribution in [1.29, 1.82) is 0 Å². The third-order valence-corrected chi connectivity index (χ3v) is 2.66. The molecule has 0 radical (unpaired) electrons. The molecule has 0 amide bonds. The number of hydrogen-bond donors (Lipinski definition) is 0. The van der Waals surface area contributed by atoms with Crippen molar-refractivity contribution in [3.63, 3.8) is 0 Å². The first-order valence-electron chi connectivity index (χ1n) is 6.05. The van der Waals surface area contributed by atoms with Gasteiger partial charge in [-0.05, 0) is 26.0 Å². The molecule has 0 aliphatic heterocycles. The SMILES string of the molecule is CCOc1cccc(Oc2c(C=O)c(C)nn2C)c1. The number of benzene rings is 1. The van der Waals surface area contributed by atoms with Crippen molar-refractivity contribution < 1.29 is 14.3 Å². The summed E-state index contributed by atoms with van der Waals surface area (Å²) in [7, 11) is 1.74. The predicted molar refractivity (Wildman–Crippen MR) is 71.0 cm³/mol. The van der Waals surface area contributed by atoms with Gasteiger partial charge < -0.3 is 9.47 Å². The minimum absolute atomic E-state index is 0.432. The van der Waals surface area contributed by atoms with Crippen molar-refractivity contribution in [2.45, 2.75) is 13.8 Å². The summed E-state index contributed by atoms with van der Waals surface area (Å²) in [5.74, 6) is 1.77. The highest BCUT2D eigenvalue weighted by molar-refractivity contribution is 5.80. The highest BCUT2D eigenvalue weighted by Crippen LogP contribution is 2.28. The van der Waals surface area contributed by atoms with Gasteiger partial charge in [-0.2, -0.15) is 5.10 Å². The lowest BCUT2D eigenvalue weighted by Crippen LogP contribution is -1.97. The Morgan fingerprint density at radius 3 is 2.79 bits per heavy atom. The first kappa shape index (κ1) is 13.1. The highest BCUT2D eigenvalue weighted by Gasteiger charge is 2.14. The molecule has 5 heteroatoms. The molecule has 0 aliphatic rings. The summed E-state index contributed by atoms with van der Waals surface area (Å²) in [5, 5.41) is 4.17. The minimum Gasteiger partial charge on any atom is -0.494 e. The number of aldehydes is 1. The van der Waals surface area contributed by atoms with Gasteiger partial charge in [0.1, 0.15) is 11.5 Å². The Bertz CT molecular complexity index is 590. The molecule has 0 saturated heterocycles. The van der Waals surface area contributed by atoms with Gasteiger partial charge in [-0.3, -0.25) is 4.79 Å². The standard InChI is InChI=1S/C14H16N2O3/c1-4-18-11-6-5-7-12(8-11)19-14-13(9-17)10(2)15-16(14)3/h5-9H,4H2,1-3H3. The summed E-state index contributed by atoms with van der Waals surface area (Å²) in [6, 6.07) is 7.27. The number of carbonyl (C=O) groups is 1. The maximum atomic E-state index is 11.1. The van der Waals surface area contributed by atoms with Gasteiger partial charge in [-0.15, -0.1) is 0 Å². The third-order valence-electron chi connectivity index (χ3n) is 2.66. The van der Waals surface area contributed by atoms with Crippen LogP contribution in [0.25, 0.3) is 0 Å². The van der Waals surface area contributed by atoms with E-state index >= 15 is 0 Å². The zero-order chi connectivity index (χ0) is 13.8. The van der Waals surface area contributed by atoms with Crippen LogP contribution in [0.5, 0.6) is 17.4 Å². The average molecular weight is 260 g/mol. The number of nitrogens with zero attached hydrogens (tertiary/aromatic N) is 2. The first-order valence-corrected chi connectivity index (χ1v) is 6.05. The monoisotopic (exact) mass is 260 g/mol. The molecular weight excluding hydrogens is 244 g/mol. The van der Waals surface area contributed by atoms with Gasteiger partial charge in [-0.1, -0.05) is 6.07 Å². The van der Waals surface area contributed by atoms with E-state index in [2.05, 4.69) is 5.10 Å². The van der Waals surface area contributed by atoms with Crippen LogP contribution in [0.1, 0.15) is 23.0 Å². The second kappa shape index (κ2) is 5.56. The fourth-order valence-corrected chi connectivity index (χ4v) is 1.82. The highest BCUT2D eigenvalue weighted by atomic mass is 16.5. The topological polar surface area (TPSA) is 53.4 Å². The van der Waals surface area contributed by atoms with Crippen molar-refractivity contribution >= 4 is 6.29 Å². The number of carbonyl (C=O) groups excluding carboxylic acids is 1. The van der Waals surface area contributed by atoms with E-state index in [1.807, 2.05) is 19.1 Å². The minimum atomic E-state index is 0.432. The van der Waals surface area contributed by atoms with Crippen LogP contribution in [-0.4, -0.2) is 22.7 Å². The second-order valence-corrected chi connectivity index (χ2v) is 4.06. The van der Waals surface area contributed by atoms with Crippen molar-refractivity contribution in [2.75, 3.05) is 6.61 Å². The Hall–Kier alpha value is -2.30. The van der Waals surface area contributed by atoms with E-state index in [0.29, 0.717) is 29.5 Å². The second-order valence-electron chi connectivity index (χ2n) is 4.06. The zero-order valence-electron chi connectivity index (χ0n) is 11.2. The maximum Gasteiger partial charge on any atom is 0.228 e. The number of aromatic nitrogens is 2. The van der Waals surface area contributed by atoms with Crippen LogP contribution in [0.15, 0.2) is 24.3 Å². The van der Waals surface area contributed by atoms with E-state index in [4.69, 9.17) is 9.47 Å². The molecule has 1 aromatic carbocycles. The molecule has 0 N–H and O–H groups in total. The molecule has 0 bridgehead atoms. The summed E-state index contributed by atoms with van der Waals surface area (Å²) in [5.41, 5.74) is 1.11. The Morgan fingerprint density at radius 2 is 2.11 bits per heavy atom. The summed E-state index contributed by atoms with van der Waals surface area (Å²) in [6.45, 7) is 4.28. The molecule has 5 nitrogen and oxygen atoms in total. The Balaban J connectivity index is 2.30. The van der Waals surface area contributed by atoms with Crippen LogP contribution in [0, 0.1) is 6.92 Å². The van der Waals surface area contributed by atoms with Crippen molar-refractivity contribution in [1.82, 2.24) is 9.78 Å². The van der Waals surface area contributed by atoms with Crippen molar-refractivity contribution in [3.05, 3.63) is 35.5 Å². The van der Waals surface area contributed by atoms with Gasteiger partial charge >= 0.3 is 0 Å². The maximum absolute atomic E-state index is 11.1. The van der Waals surface area contributed by atoms with E-state index < -0.39 is 0 Å². The van der Waals surface area contributed by atoms with Gasteiger partial charge in [0.2, 0.25) is 5.88 Å². The first-order chi connectivity index (χ1) is 9.15. The van der Waals surface area contributed by atoms with Crippen molar-refractivity contribution in [2.24, 2.45) is 7.05 Å². The Morgan fingerprint density at radius 1 is 1.37 bits per heavy atom. The number of ether oxygens (including phenoxy) is 2. The lowest BCUT2D eigenvalue weighted by Gasteiger charge is -2.08. The zero-order valence-corrected chi connectivity index (χ0v) is 11.2. The molecule has 0 unspecified atom stereocenters. The smallest absolute Gasteiger partial charge is 0.228 e.